The fourth-order valence-electron chi connectivity index (χ4n) is 2.65. The molecule has 1 aromatic carbocycles. The van der Waals surface area contributed by atoms with Crippen molar-refractivity contribution in [1.82, 2.24) is 0 Å². The fraction of sp³-hybridized carbons (Fsp3) is 0.529. The zero-order valence-corrected chi connectivity index (χ0v) is 14.0. The average molecular weight is 354 g/mol. The molecule has 1 fully saturated rings. The summed E-state index contributed by atoms with van der Waals surface area (Å²) in [5.41, 5.74) is 0.840. The van der Waals surface area contributed by atoms with Crippen molar-refractivity contribution in [2.45, 2.75) is 51.2 Å². The number of ether oxygens (including phenoxy) is 4. The first-order chi connectivity index (χ1) is 11.9. The molecular weight excluding hydrogens is 332 g/mol. The SMILES string of the molecule is CC(=O)O[C@H]1[C@H](OCc2ccccc2)[C@@H](OC(C)=O)C(O)O[C@@H]1CO. The maximum Gasteiger partial charge on any atom is 0.303 e. The molecule has 1 heterocycles. The Morgan fingerprint density at radius 3 is 2.20 bits per heavy atom. The number of hydrogen-bond donors (Lipinski definition) is 2. The van der Waals surface area contributed by atoms with Crippen LogP contribution in [-0.2, 0) is 35.1 Å². The molecule has 1 aliphatic rings. The van der Waals surface area contributed by atoms with E-state index in [0.29, 0.717) is 0 Å². The fourth-order valence-corrected chi connectivity index (χ4v) is 2.65. The van der Waals surface area contributed by atoms with Crippen molar-refractivity contribution >= 4 is 11.9 Å². The molecule has 0 aliphatic carbocycles. The van der Waals surface area contributed by atoms with Gasteiger partial charge in [0.1, 0.15) is 12.2 Å². The first-order valence-electron chi connectivity index (χ1n) is 7.86. The minimum absolute atomic E-state index is 0.131. The van der Waals surface area contributed by atoms with E-state index in [-0.39, 0.29) is 6.61 Å². The summed E-state index contributed by atoms with van der Waals surface area (Å²) in [4.78, 5) is 22.8. The van der Waals surface area contributed by atoms with Crippen LogP contribution in [0.3, 0.4) is 0 Å². The normalized spacial score (nSPS) is 29.0. The second-order valence-corrected chi connectivity index (χ2v) is 5.66. The molecule has 0 bridgehead atoms. The number of hydrogen-bond acceptors (Lipinski definition) is 8. The Hall–Kier alpha value is -2.00. The first-order valence-corrected chi connectivity index (χ1v) is 7.86. The standard InChI is InChI=1S/C17H22O8/c1-10(19)23-14-13(8-18)25-17(21)16(24-11(2)20)15(14)22-9-12-6-4-3-5-7-12/h3-7,13-18,21H,8-9H2,1-2H3/t13-,14-,15+,16-,17?/m1/s1. The van der Waals surface area contributed by atoms with Gasteiger partial charge in [0.05, 0.1) is 13.2 Å². The molecule has 0 radical (unpaired) electrons. The van der Waals surface area contributed by atoms with Crippen LogP contribution in [0, 0.1) is 0 Å². The van der Waals surface area contributed by atoms with Crippen molar-refractivity contribution in [2.75, 3.05) is 6.61 Å². The molecule has 2 rings (SSSR count). The van der Waals surface area contributed by atoms with Crippen LogP contribution in [0.15, 0.2) is 30.3 Å². The Balaban J connectivity index is 2.23. The van der Waals surface area contributed by atoms with Crippen molar-refractivity contribution in [2.24, 2.45) is 0 Å². The van der Waals surface area contributed by atoms with Gasteiger partial charge in [0.2, 0.25) is 0 Å². The monoisotopic (exact) mass is 354 g/mol. The van der Waals surface area contributed by atoms with Crippen LogP contribution in [0.2, 0.25) is 0 Å². The summed E-state index contributed by atoms with van der Waals surface area (Å²) in [6.07, 6.45) is -5.78. The summed E-state index contributed by atoms with van der Waals surface area (Å²) >= 11 is 0. The van der Waals surface area contributed by atoms with Gasteiger partial charge in [-0.15, -0.1) is 0 Å². The molecule has 1 aromatic rings. The van der Waals surface area contributed by atoms with E-state index in [1.54, 1.807) is 0 Å². The highest BCUT2D eigenvalue weighted by Crippen LogP contribution is 2.28. The van der Waals surface area contributed by atoms with Gasteiger partial charge in [-0.1, -0.05) is 30.3 Å². The van der Waals surface area contributed by atoms with E-state index in [4.69, 9.17) is 18.9 Å². The molecule has 8 heteroatoms. The molecule has 138 valence electrons. The Morgan fingerprint density at radius 2 is 1.64 bits per heavy atom. The van der Waals surface area contributed by atoms with Gasteiger partial charge in [0.15, 0.2) is 18.5 Å². The van der Waals surface area contributed by atoms with Gasteiger partial charge >= 0.3 is 11.9 Å². The Morgan fingerprint density at radius 1 is 1.04 bits per heavy atom. The lowest BCUT2D eigenvalue weighted by atomic mass is 9.98. The highest BCUT2D eigenvalue weighted by Gasteiger charge is 2.49. The minimum Gasteiger partial charge on any atom is -0.457 e. The maximum atomic E-state index is 11.4. The molecule has 8 nitrogen and oxygen atoms in total. The molecule has 2 N–H and O–H groups in total. The van der Waals surface area contributed by atoms with Crippen LogP contribution in [0.4, 0.5) is 0 Å². The molecule has 1 aliphatic heterocycles. The zero-order valence-electron chi connectivity index (χ0n) is 14.0. The van der Waals surface area contributed by atoms with Gasteiger partial charge in [-0.25, -0.2) is 0 Å². The topological polar surface area (TPSA) is 112 Å². The number of rotatable bonds is 6. The predicted molar refractivity (Wildman–Crippen MR) is 84.1 cm³/mol. The molecule has 1 saturated heterocycles. The average Bonchev–Trinajstić information content (AvgIpc) is 2.57. The summed E-state index contributed by atoms with van der Waals surface area (Å²) in [6, 6.07) is 9.19. The molecule has 5 atom stereocenters. The largest absolute Gasteiger partial charge is 0.457 e. The third-order valence-electron chi connectivity index (χ3n) is 3.68. The van der Waals surface area contributed by atoms with Gasteiger partial charge in [-0.05, 0) is 5.56 Å². The van der Waals surface area contributed by atoms with E-state index in [1.807, 2.05) is 30.3 Å². The number of aliphatic hydroxyl groups excluding tert-OH is 2. The number of benzene rings is 1. The molecule has 0 saturated carbocycles. The number of aliphatic hydroxyl groups is 2. The van der Waals surface area contributed by atoms with Crippen LogP contribution >= 0.6 is 0 Å². The summed E-state index contributed by atoms with van der Waals surface area (Å²) in [5, 5.41) is 19.6. The lowest BCUT2D eigenvalue weighted by Crippen LogP contribution is -2.61. The Bertz CT molecular complexity index is 575. The second-order valence-electron chi connectivity index (χ2n) is 5.66. The number of esters is 2. The molecule has 1 unspecified atom stereocenters. The highest BCUT2D eigenvalue weighted by molar-refractivity contribution is 5.67. The van der Waals surface area contributed by atoms with Crippen molar-refractivity contribution in [3.05, 3.63) is 35.9 Å². The third-order valence-corrected chi connectivity index (χ3v) is 3.68. The van der Waals surface area contributed by atoms with Crippen LogP contribution in [0.25, 0.3) is 0 Å². The third kappa shape index (κ3) is 5.23. The Labute approximate surface area is 145 Å². The first kappa shape index (κ1) is 19.3. The molecule has 0 amide bonds. The lowest BCUT2D eigenvalue weighted by Gasteiger charge is -2.42. The summed E-state index contributed by atoms with van der Waals surface area (Å²) in [6.45, 7) is 2.01. The van der Waals surface area contributed by atoms with Gasteiger partial charge < -0.3 is 29.2 Å². The van der Waals surface area contributed by atoms with Gasteiger partial charge in [0.25, 0.3) is 0 Å². The van der Waals surface area contributed by atoms with Crippen LogP contribution in [0.5, 0.6) is 0 Å². The molecule has 25 heavy (non-hydrogen) atoms. The molecule has 0 spiro atoms. The molecule has 0 aromatic heterocycles. The van der Waals surface area contributed by atoms with E-state index in [2.05, 4.69) is 0 Å². The number of carbonyl (C=O) groups excluding carboxylic acids is 2. The summed E-state index contributed by atoms with van der Waals surface area (Å²) < 4.78 is 21.3. The summed E-state index contributed by atoms with van der Waals surface area (Å²) in [7, 11) is 0. The van der Waals surface area contributed by atoms with E-state index >= 15 is 0 Å². The lowest BCUT2D eigenvalue weighted by molar-refractivity contribution is -0.301. The number of carbonyl (C=O) groups is 2. The van der Waals surface area contributed by atoms with Crippen molar-refractivity contribution < 1.29 is 38.7 Å². The highest BCUT2D eigenvalue weighted by atomic mass is 16.7. The van der Waals surface area contributed by atoms with Gasteiger partial charge in [0, 0.05) is 13.8 Å². The maximum absolute atomic E-state index is 11.4. The minimum atomic E-state index is -1.52. The summed E-state index contributed by atoms with van der Waals surface area (Å²) in [5.74, 6) is -1.26. The Kier molecular flexibility index (Phi) is 6.89. The molecular formula is C17H22O8. The van der Waals surface area contributed by atoms with Crippen LogP contribution < -0.4 is 0 Å². The van der Waals surface area contributed by atoms with E-state index in [9.17, 15) is 19.8 Å². The quantitative estimate of drug-likeness (QED) is 0.694. The van der Waals surface area contributed by atoms with Gasteiger partial charge in [-0.2, -0.15) is 0 Å². The van der Waals surface area contributed by atoms with Crippen molar-refractivity contribution in [1.29, 1.82) is 0 Å². The van der Waals surface area contributed by atoms with Crippen molar-refractivity contribution in [3.63, 3.8) is 0 Å². The van der Waals surface area contributed by atoms with E-state index in [0.717, 1.165) is 5.56 Å². The van der Waals surface area contributed by atoms with Crippen LogP contribution in [0.1, 0.15) is 19.4 Å². The second kappa shape index (κ2) is 8.91. The predicted octanol–water partition coefficient (Wildman–Crippen LogP) is 0.145. The zero-order chi connectivity index (χ0) is 18.4. The van der Waals surface area contributed by atoms with E-state index in [1.165, 1.54) is 13.8 Å². The van der Waals surface area contributed by atoms with Crippen molar-refractivity contribution in [3.8, 4) is 0 Å². The van der Waals surface area contributed by atoms with Gasteiger partial charge in [-0.3, -0.25) is 9.59 Å². The smallest absolute Gasteiger partial charge is 0.303 e. The van der Waals surface area contributed by atoms with Crippen LogP contribution in [-0.4, -0.2) is 59.5 Å². The van der Waals surface area contributed by atoms with E-state index < -0.39 is 49.3 Å².